The number of carbonyl (C=O) groups excluding carboxylic acids is 1. The molecule has 4 heteroatoms. The second-order valence-corrected chi connectivity index (χ2v) is 4.65. The van der Waals surface area contributed by atoms with Crippen LogP contribution in [0.4, 0.5) is 11.4 Å². The van der Waals surface area contributed by atoms with Gasteiger partial charge < -0.3 is 16.0 Å². The number of benzene rings is 1. The van der Waals surface area contributed by atoms with Gasteiger partial charge in [0.2, 0.25) is 5.91 Å². The number of hydrogen-bond acceptors (Lipinski definition) is 3. The van der Waals surface area contributed by atoms with E-state index in [0.717, 1.165) is 18.8 Å². The van der Waals surface area contributed by atoms with Gasteiger partial charge in [0.1, 0.15) is 0 Å². The van der Waals surface area contributed by atoms with Crippen LogP contribution in [-0.2, 0) is 4.79 Å². The van der Waals surface area contributed by atoms with Gasteiger partial charge in [-0.3, -0.25) is 4.79 Å². The summed E-state index contributed by atoms with van der Waals surface area (Å²) in [5.41, 5.74) is 7.07. The minimum absolute atomic E-state index is 0.0275. The molecule has 1 aromatic rings. The van der Waals surface area contributed by atoms with Crippen LogP contribution >= 0.6 is 0 Å². The van der Waals surface area contributed by atoms with Crippen LogP contribution in [0, 0.1) is 0 Å². The van der Waals surface area contributed by atoms with Crippen LogP contribution in [-0.4, -0.2) is 29.9 Å². The minimum atomic E-state index is 0.0275. The predicted molar refractivity (Wildman–Crippen MR) is 76.5 cm³/mol. The van der Waals surface area contributed by atoms with E-state index >= 15 is 0 Å². The molecule has 0 aromatic heterocycles. The van der Waals surface area contributed by atoms with Gasteiger partial charge in [-0.1, -0.05) is 13.0 Å². The first-order valence-corrected chi connectivity index (χ1v) is 6.42. The van der Waals surface area contributed by atoms with Crippen molar-refractivity contribution >= 4 is 17.3 Å². The molecule has 1 rings (SSSR count). The third-order valence-electron chi connectivity index (χ3n) is 2.93. The number of carbonyl (C=O) groups is 1. The van der Waals surface area contributed by atoms with E-state index in [2.05, 4.69) is 31.0 Å². The molecule has 0 atom stereocenters. The zero-order valence-corrected chi connectivity index (χ0v) is 11.4. The van der Waals surface area contributed by atoms with Crippen molar-refractivity contribution < 1.29 is 4.79 Å². The highest BCUT2D eigenvalue weighted by Crippen LogP contribution is 2.12. The molecule has 3 N–H and O–H groups in total. The highest BCUT2D eigenvalue weighted by atomic mass is 16.1. The molecule has 0 spiro atoms. The monoisotopic (exact) mass is 249 g/mol. The maximum absolute atomic E-state index is 11.8. The highest BCUT2D eigenvalue weighted by Gasteiger charge is 2.09. The van der Waals surface area contributed by atoms with E-state index in [0.29, 0.717) is 18.2 Å². The van der Waals surface area contributed by atoms with Crippen molar-refractivity contribution in [3.05, 3.63) is 24.3 Å². The molecule has 18 heavy (non-hydrogen) atoms. The Morgan fingerprint density at radius 2 is 2.17 bits per heavy atom. The van der Waals surface area contributed by atoms with Gasteiger partial charge in [-0.15, -0.1) is 0 Å². The van der Waals surface area contributed by atoms with Gasteiger partial charge in [-0.2, -0.15) is 0 Å². The van der Waals surface area contributed by atoms with Crippen LogP contribution in [0.3, 0.4) is 0 Å². The summed E-state index contributed by atoms with van der Waals surface area (Å²) in [5.74, 6) is 0.0275. The molecule has 0 aliphatic heterocycles. The van der Waals surface area contributed by atoms with Crippen molar-refractivity contribution in [2.45, 2.75) is 33.2 Å². The first kappa shape index (κ1) is 14.5. The molecule has 0 fully saturated rings. The lowest BCUT2D eigenvalue weighted by Crippen LogP contribution is -2.33. The van der Waals surface area contributed by atoms with E-state index in [1.807, 2.05) is 12.1 Å². The van der Waals surface area contributed by atoms with E-state index in [9.17, 15) is 4.79 Å². The smallest absolute Gasteiger partial charge is 0.225 e. The fourth-order valence-corrected chi connectivity index (χ4v) is 1.87. The molecule has 1 aromatic carbocycles. The molecule has 0 aliphatic carbocycles. The normalized spacial score (nSPS) is 10.9. The summed E-state index contributed by atoms with van der Waals surface area (Å²) in [5, 5.41) is 2.86. The summed E-state index contributed by atoms with van der Waals surface area (Å²) >= 11 is 0. The second-order valence-electron chi connectivity index (χ2n) is 4.65. The highest BCUT2D eigenvalue weighted by molar-refractivity contribution is 5.91. The summed E-state index contributed by atoms with van der Waals surface area (Å²) < 4.78 is 0. The first-order chi connectivity index (χ1) is 8.52. The number of hydrogen-bond donors (Lipinski definition) is 2. The molecular weight excluding hydrogens is 226 g/mol. The van der Waals surface area contributed by atoms with Crippen molar-refractivity contribution in [1.82, 2.24) is 4.90 Å². The van der Waals surface area contributed by atoms with Crippen LogP contribution in [0.25, 0.3) is 0 Å². The Labute approximate surface area is 109 Å². The van der Waals surface area contributed by atoms with Crippen LogP contribution in [0.5, 0.6) is 0 Å². The van der Waals surface area contributed by atoms with Crippen LogP contribution < -0.4 is 11.1 Å². The van der Waals surface area contributed by atoms with Gasteiger partial charge in [0.15, 0.2) is 0 Å². The first-order valence-electron chi connectivity index (χ1n) is 6.42. The van der Waals surface area contributed by atoms with Crippen LogP contribution in [0.2, 0.25) is 0 Å². The van der Waals surface area contributed by atoms with E-state index in [1.54, 1.807) is 12.1 Å². The minimum Gasteiger partial charge on any atom is -0.399 e. The predicted octanol–water partition coefficient (Wildman–Crippen LogP) is 2.33. The van der Waals surface area contributed by atoms with Gasteiger partial charge >= 0.3 is 0 Å². The molecule has 4 nitrogen and oxygen atoms in total. The zero-order chi connectivity index (χ0) is 13.5. The molecule has 0 unspecified atom stereocenters. The Hall–Kier alpha value is -1.55. The molecule has 0 heterocycles. The van der Waals surface area contributed by atoms with Gasteiger partial charge in [-0.05, 0) is 38.6 Å². The Balaban J connectivity index is 2.42. The van der Waals surface area contributed by atoms with Crippen LogP contribution in [0.1, 0.15) is 27.2 Å². The fraction of sp³-hybridized carbons (Fsp3) is 0.500. The summed E-state index contributed by atoms with van der Waals surface area (Å²) in [6, 6.07) is 7.70. The standard InChI is InChI=1S/C14H23N3O/c1-4-17(11(2)3)9-8-14(18)16-13-7-5-6-12(15)10-13/h5-7,10-11H,4,8-9,15H2,1-3H3,(H,16,18). The maximum atomic E-state index is 11.8. The van der Waals surface area contributed by atoms with Gasteiger partial charge in [0.05, 0.1) is 0 Å². The number of nitrogen functional groups attached to an aromatic ring is 1. The molecule has 0 aliphatic rings. The Kier molecular flexibility index (Phi) is 5.65. The third kappa shape index (κ3) is 4.75. The summed E-state index contributed by atoms with van der Waals surface area (Å²) in [4.78, 5) is 14.1. The SMILES string of the molecule is CCN(CCC(=O)Nc1cccc(N)c1)C(C)C. The lowest BCUT2D eigenvalue weighted by molar-refractivity contribution is -0.116. The number of anilines is 2. The number of nitrogens with zero attached hydrogens (tertiary/aromatic N) is 1. The lowest BCUT2D eigenvalue weighted by atomic mass is 10.2. The summed E-state index contributed by atoms with van der Waals surface area (Å²) in [6.07, 6.45) is 0.501. The largest absolute Gasteiger partial charge is 0.399 e. The molecule has 0 saturated heterocycles. The lowest BCUT2D eigenvalue weighted by Gasteiger charge is -2.24. The van der Waals surface area contributed by atoms with E-state index in [-0.39, 0.29) is 5.91 Å². The average Bonchev–Trinajstić information content (AvgIpc) is 2.29. The number of nitrogens with one attached hydrogen (secondary N) is 1. The molecular formula is C14H23N3O. The topological polar surface area (TPSA) is 58.4 Å². The number of rotatable bonds is 6. The Morgan fingerprint density at radius 3 is 2.72 bits per heavy atom. The average molecular weight is 249 g/mol. The number of nitrogens with two attached hydrogens (primary N) is 1. The molecule has 1 amide bonds. The molecule has 0 saturated carbocycles. The van der Waals surface area contributed by atoms with Gasteiger partial charge in [-0.25, -0.2) is 0 Å². The third-order valence-corrected chi connectivity index (χ3v) is 2.93. The van der Waals surface area contributed by atoms with Gasteiger partial charge in [0.25, 0.3) is 0 Å². The molecule has 100 valence electrons. The molecule has 0 bridgehead atoms. The Morgan fingerprint density at radius 1 is 1.44 bits per heavy atom. The quantitative estimate of drug-likeness (QED) is 0.761. The fourth-order valence-electron chi connectivity index (χ4n) is 1.87. The van der Waals surface area contributed by atoms with Crippen molar-refractivity contribution in [2.24, 2.45) is 0 Å². The van der Waals surface area contributed by atoms with E-state index in [1.165, 1.54) is 0 Å². The molecule has 0 radical (unpaired) electrons. The van der Waals surface area contributed by atoms with E-state index in [4.69, 9.17) is 5.73 Å². The number of amides is 1. The van der Waals surface area contributed by atoms with Gasteiger partial charge in [0, 0.05) is 30.4 Å². The Bertz CT molecular complexity index is 390. The zero-order valence-electron chi connectivity index (χ0n) is 11.4. The van der Waals surface area contributed by atoms with Crippen LogP contribution in [0.15, 0.2) is 24.3 Å². The summed E-state index contributed by atoms with van der Waals surface area (Å²) in [6.45, 7) is 8.12. The summed E-state index contributed by atoms with van der Waals surface area (Å²) in [7, 11) is 0. The van der Waals surface area contributed by atoms with Crippen molar-refractivity contribution in [1.29, 1.82) is 0 Å². The maximum Gasteiger partial charge on any atom is 0.225 e. The second kappa shape index (κ2) is 7.01. The van der Waals surface area contributed by atoms with Crippen molar-refractivity contribution in [3.63, 3.8) is 0 Å². The van der Waals surface area contributed by atoms with Crippen molar-refractivity contribution in [3.8, 4) is 0 Å². The van der Waals surface area contributed by atoms with E-state index < -0.39 is 0 Å². The van der Waals surface area contributed by atoms with Crippen molar-refractivity contribution in [2.75, 3.05) is 24.1 Å².